The molecule has 0 spiro atoms. The Hall–Kier alpha value is -1.73. The fourth-order valence-electron chi connectivity index (χ4n) is 1.76. The normalized spacial score (nSPS) is 13.9. The number of hydrogen-bond acceptors (Lipinski definition) is 6. The summed E-state index contributed by atoms with van der Waals surface area (Å²) >= 11 is 0. The van der Waals surface area contributed by atoms with Gasteiger partial charge in [0, 0.05) is 12.1 Å². The maximum Gasteiger partial charge on any atom is 0.290 e. The Morgan fingerprint density at radius 1 is 1.53 bits per heavy atom. The molecule has 19 heavy (non-hydrogen) atoms. The smallest absolute Gasteiger partial charge is 0.290 e. The van der Waals surface area contributed by atoms with Crippen LogP contribution >= 0.6 is 0 Å². The topological polar surface area (TPSA) is 99.7 Å². The molecule has 0 aliphatic rings. The highest BCUT2D eigenvalue weighted by Gasteiger charge is 2.20. The first-order valence-electron chi connectivity index (χ1n) is 6.03. The summed E-state index contributed by atoms with van der Waals surface area (Å²) in [7, 11) is 0. The Balaban J connectivity index is 3.09. The Labute approximate surface area is 111 Å². The first kappa shape index (κ1) is 15.3. The van der Waals surface area contributed by atoms with E-state index in [9.17, 15) is 20.3 Å². The molecule has 7 nitrogen and oxygen atoms in total. The third kappa shape index (κ3) is 3.87. The summed E-state index contributed by atoms with van der Waals surface area (Å²) in [6.45, 7) is 5.26. The van der Waals surface area contributed by atoms with E-state index in [2.05, 4.69) is 4.98 Å². The zero-order valence-electron chi connectivity index (χ0n) is 11.3. The average molecular weight is 269 g/mol. The van der Waals surface area contributed by atoms with Crippen molar-refractivity contribution in [2.24, 2.45) is 0 Å². The highest BCUT2D eigenvalue weighted by molar-refractivity contribution is 5.49. The lowest BCUT2D eigenvalue weighted by Gasteiger charge is -2.30. The van der Waals surface area contributed by atoms with E-state index in [0.29, 0.717) is 17.9 Å². The maximum absolute atomic E-state index is 10.7. The van der Waals surface area contributed by atoms with Crippen molar-refractivity contribution in [1.82, 2.24) is 4.98 Å². The van der Waals surface area contributed by atoms with Crippen LogP contribution in [0.25, 0.3) is 0 Å². The standard InChI is InChI=1S/C12H19N3O4/c1-8-4-12(13-5-11(8)15(18)19)14(6-10(3)17)9(2)7-16/h4-5,9-10,16-17H,6-7H2,1-3H3/t9-,10+/m0/s1. The molecule has 2 atom stereocenters. The monoisotopic (exact) mass is 269 g/mol. The number of pyridine rings is 1. The maximum atomic E-state index is 10.7. The quantitative estimate of drug-likeness (QED) is 0.587. The van der Waals surface area contributed by atoms with Crippen LogP contribution in [0.2, 0.25) is 0 Å². The number of aliphatic hydroxyl groups is 2. The summed E-state index contributed by atoms with van der Waals surface area (Å²) in [5.41, 5.74) is 0.452. The molecule has 0 bridgehead atoms. The Kier molecular flexibility index (Phi) is 5.20. The highest BCUT2D eigenvalue weighted by Crippen LogP contribution is 2.22. The number of nitro groups is 1. The minimum absolute atomic E-state index is 0.0441. The Morgan fingerprint density at radius 3 is 2.58 bits per heavy atom. The van der Waals surface area contributed by atoms with Crippen molar-refractivity contribution in [2.45, 2.75) is 32.9 Å². The van der Waals surface area contributed by atoms with Gasteiger partial charge in [0.1, 0.15) is 12.0 Å². The van der Waals surface area contributed by atoms with Crippen molar-refractivity contribution < 1.29 is 15.1 Å². The lowest BCUT2D eigenvalue weighted by molar-refractivity contribution is -0.385. The molecule has 7 heteroatoms. The van der Waals surface area contributed by atoms with Gasteiger partial charge in [-0.1, -0.05) is 0 Å². The number of aliphatic hydroxyl groups excluding tert-OH is 2. The van der Waals surface area contributed by atoms with Gasteiger partial charge in [-0.2, -0.15) is 0 Å². The van der Waals surface area contributed by atoms with Crippen LogP contribution in [0.4, 0.5) is 11.5 Å². The number of anilines is 1. The average Bonchev–Trinajstić information content (AvgIpc) is 2.34. The van der Waals surface area contributed by atoms with Gasteiger partial charge < -0.3 is 15.1 Å². The van der Waals surface area contributed by atoms with Gasteiger partial charge in [-0.05, 0) is 26.8 Å². The fourth-order valence-corrected chi connectivity index (χ4v) is 1.76. The van der Waals surface area contributed by atoms with Gasteiger partial charge in [0.2, 0.25) is 0 Å². The molecule has 0 radical (unpaired) electrons. The summed E-state index contributed by atoms with van der Waals surface area (Å²) in [6.07, 6.45) is 0.607. The number of hydrogen-bond donors (Lipinski definition) is 2. The largest absolute Gasteiger partial charge is 0.394 e. The molecule has 0 unspecified atom stereocenters. The van der Waals surface area contributed by atoms with Crippen LogP contribution in [-0.4, -0.2) is 45.4 Å². The van der Waals surface area contributed by atoms with Crippen molar-refractivity contribution in [3.8, 4) is 0 Å². The van der Waals surface area contributed by atoms with Crippen LogP contribution in [0, 0.1) is 17.0 Å². The summed E-state index contributed by atoms with van der Waals surface area (Å²) in [5.74, 6) is 0.505. The lowest BCUT2D eigenvalue weighted by atomic mass is 10.2. The van der Waals surface area contributed by atoms with Crippen molar-refractivity contribution in [1.29, 1.82) is 0 Å². The first-order chi connectivity index (χ1) is 8.86. The number of aromatic nitrogens is 1. The second-order valence-electron chi connectivity index (χ2n) is 4.62. The van der Waals surface area contributed by atoms with Crippen LogP contribution in [0.1, 0.15) is 19.4 Å². The molecule has 1 rings (SSSR count). The SMILES string of the molecule is Cc1cc(N(C[C@@H](C)O)[C@@H](C)CO)ncc1[N+](=O)[O-]. The van der Waals surface area contributed by atoms with Gasteiger partial charge in [0.15, 0.2) is 0 Å². The van der Waals surface area contributed by atoms with E-state index in [0.717, 1.165) is 0 Å². The Bertz CT molecular complexity index is 451. The molecule has 0 saturated heterocycles. The van der Waals surface area contributed by atoms with E-state index in [1.54, 1.807) is 31.7 Å². The van der Waals surface area contributed by atoms with E-state index >= 15 is 0 Å². The molecule has 0 aliphatic carbocycles. The molecular weight excluding hydrogens is 250 g/mol. The van der Waals surface area contributed by atoms with E-state index in [1.165, 1.54) is 6.20 Å². The van der Waals surface area contributed by atoms with E-state index in [1.807, 2.05) is 0 Å². The second-order valence-corrected chi connectivity index (χ2v) is 4.62. The van der Waals surface area contributed by atoms with Crippen LogP contribution in [0.5, 0.6) is 0 Å². The van der Waals surface area contributed by atoms with Gasteiger partial charge in [-0.25, -0.2) is 4.98 Å². The molecule has 0 saturated carbocycles. The van der Waals surface area contributed by atoms with E-state index < -0.39 is 11.0 Å². The van der Waals surface area contributed by atoms with Gasteiger partial charge in [-0.15, -0.1) is 0 Å². The molecule has 0 amide bonds. The summed E-state index contributed by atoms with van der Waals surface area (Å²) in [6, 6.07) is 1.36. The first-order valence-corrected chi connectivity index (χ1v) is 6.03. The van der Waals surface area contributed by atoms with Crippen molar-refractivity contribution in [3.63, 3.8) is 0 Å². The number of rotatable bonds is 6. The third-order valence-corrected chi connectivity index (χ3v) is 2.82. The second kappa shape index (κ2) is 6.44. The molecule has 106 valence electrons. The van der Waals surface area contributed by atoms with Crippen molar-refractivity contribution in [2.75, 3.05) is 18.1 Å². The Morgan fingerprint density at radius 2 is 2.16 bits per heavy atom. The predicted octanol–water partition coefficient (Wildman–Crippen LogP) is 0.866. The van der Waals surface area contributed by atoms with Crippen LogP contribution < -0.4 is 4.90 Å². The van der Waals surface area contributed by atoms with E-state index in [4.69, 9.17) is 0 Å². The highest BCUT2D eigenvalue weighted by atomic mass is 16.6. The molecule has 0 fully saturated rings. The minimum atomic E-state index is -0.591. The zero-order chi connectivity index (χ0) is 14.6. The number of aryl methyl sites for hydroxylation is 1. The van der Waals surface area contributed by atoms with Crippen molar-refractivity contribution in [3.05, 3.63) is 27.9 Å². The molecule has 0 aliphatic heterocycles. The fraction of sp³-hybridized carbons (Fsp3) is 0.583. The zero-order valence-corrected chi connectivity index (χ0v) is 11.3. The molecular formula is C12H19N3O4. The molecule has 2 N–H and O–H groups in total. The van der Waals surface area contributed by atoms with E-state index in [-0.39, 0.29) is 18.3 Å². The van der Waals surface area contributed by atoms with Gasteiger partial charge in [-0.3, -0.25) is 10.1 Å². The van der Waals surface area contributed by atoms with Crippen molar-refractivity contribution >= 4 is 11.5 Å². The van der Waals surface area contributed by atoms with Crippen LogP contribution in [0.3, 0.4) is 0 Å². The predicted molar refractivity (Wildman–Crippen MR) is 71.2 cm³/mol. The van der Waals surface area contributed by atoms with Crippen LogP contribution in [-0.2, 0) is 0 Å². The van der Waals surface area contributed by atoms with Gasteiger partial charge in [0.25, 0.3) is 5.69 Å². The van der Waals surface area contributed by atoms with Crippen LogP contribution in [0.15, 0.2) is 12.3 Å². The molecule has 1 aromatic heterocycles. The third-order valence-electron chi connectivity index (χ3n) is 2.82. The summed E-state index contributed by atoms with van der Waals surface area (Å²) < 4.78 is 0. The number of nitrogens with zero attached hydrogens (tertiary/aromatic N) is 3. The van der Waals surface area contributed by atoms with Gasteiger partial charge >= 0.3 is 0 Å². The molecule has 1 aromatic rings. The van der Waals surface area contributed by atoms with Gasteiger partial charge in [0.05, 0.1) is 23.7 Å². The molecule has 1 heterocycles. The molecule has 0 aromatic carbocycles. The summed E-state index contributed by atoms with van der Waals surface area (Å²) in [4.78, 5) is 16.0. The lowest BCUT2D eigenvalue weighted by Crippen LogP contribution is -2.40. The minimum Gasteiger partial charge on any atom is -0.394 e. The summed E-state index contributed by atoms with van der Waals surface area (Å²) in [5, 5.41) is 29.5.